The molecule has 31 heavy (non-hydrogen) atoms. The van der Waals surface area contributed by atoms with Gasteiger partial charge in [0.2, 0.25) is 5.88 Å². The molecule has 0 bridgehead atoms. The van der Waals surface area contributed by atoms with E-state index in [0.29, 0.717) is 23.6 Å². The summed E-state index contributed by atoms with van der Waals surface area (Å²) in [5.41, 5.74) is 2.59. The van der Waals surface area contributed by atoms with Gasteiger partial charge < -0.3 is 4.18 Å². The van der Waals surface area contributed by atoms with Crippen molar-refractivity contribution in [2.75, 3.05) is 17.3 Å². The fourth-order valence-corrected chi connectivity index (χ4v) is 7.65. The largest absolute Gasteiger partial charge is 0.361 e. The Bertz CT molecular complexity index is 1080. The van der Waals surface area contributed by atoms with Crippen LogP contribution in [0, 0.1) is 6.92 Å². The fourth-order valence-electron chi connectivity index (χ4n) is 3.70. The molecule has 1 aromatic heterocycles. The van der Waals surface area contributed by atoms with Crippen molar-refractivity contribution in [3.05, 3.63) is 39.5 Å². The molecule has 1 aliphatic rings. The predicted octanol–water partition coefficient (Wildman–Crippen LogP) is 5.50. The molecule has 1 atom stereocenters. The molecule has 0 fully saturated rings. The molecule has 1 aliphatic heterocycles. The minimum absolute atomic E-state index is 0.0388. The third kappa shape index (κ3) is 5.10. The maximum Gasteiger partial charge on any atom is 0.310 e. The Balaban J connectivity index is 2.10. The first-order valence-corrected chi connectivity index (χ1v) is 14.3. The number of aryl methyl sites for hydroxylation is 1. The Morgan fingerprint density at radius 3 is 2.74 bits per heavy atom. The van der Waals surface area contributed by atoms with Crippen LogP contribution >= 0.6 is 35.1 Å². The van der Waals surface area contributed by atoms with Gasteiger partial charge in [0.15, 0.2) is 5.78 Å². The zero-order chi connectivity index (χ0) is 22.8. The van der Waals surface area contributed by atoms with E-state index in [4.69, 9.17) is 15.8 Å². The number of thioether (sulfide) groups is 2. The van der Waals surface area contributed by atoms with Crippen LogP contribution in [0.4, 0.5) is 0 Å². The van der Waals surface area contributed by atoms with E-state index < -0.39 is 10.1 Å². The summed E-state index contributed by atoms with van der Waals surface area (Å²) in [6, 6.07) is 1.69. The molecule has 0 aliphatic carbocycles. The molecule has 2 aromatic rings. The standard InChI is InChI=1S/C21H27ClN2O4S3/c1-5-10-31(26,27)28-21-15(12-23-24(21)6-2)19(25)14-11-16(22)20-18(13(14)4)17(29-7-3)8-9-30-20/h11-12,17H,5-10H2,1-4H3. The summed E-state index contributed by atoms with van der Waals surface area (Å²) in [6.45, 7) is 8.00. The van der Waals surface area contributed by atoms with Gasteiger partial charge in [0.25, 0.3) is 0 Å². The van der Waals surface area contributed by atoms with Crippen LogP contribution in [0.5, 0.6) is 5.88 Å². The normalized spacial score (nSPS) is 16.2. The van der Waals surface area contributed by atoms with E-state index in [1.807, 2.05) is 25.6 Å². The topological polar surface area (TPSA) is 78.3 Å². The maximum atomic E-state index is 13.6. The summed E-state index contributed by atoms with van der Waals surface area (Å²) in [5.74, 6) is 1.46. The lowest BCUT2D eigenvalue weighted by molar-refractivity contribution is 0.103. The van der Waals surface area contributed by atoms with Gasteiger partial charge in [-0.2, -0.15) is 25.3 Å². The third-order valence-corrected chi connectivity index (χ3v) is 9.20. The number of nitrogens with zero attached hydrogens (tertiary/aromatic N) is 2. The molecule has 2 heterocycles. The Hall–Kier alpha value is -1.16. The average Bonchev–Trinajstić information content (AvgIpc) is 3.12. The lowest BCUT2D eigenvalue weighted by atomic mass is 9.94. The molecule has 1 unspecified atom stereocenters. The average molecular weight is 503 g/mol. The first-order chi connectivity index (χ1) is 14.7. The number of halogens is 1. The summed E-state index contributed by atoms with van der Waals surface area (Å²) in [5, 5.41) is 5.01. The number of ketones is 1. The van der Waals surface area contributed by atoms with E-state index in [1.165, 1.54) is 10.9 Å². The van der Waals surface area contributed by atoms with Crippen LogP contribution in [0.25, 0.3) is 0 Å². The summed E-state index contributed by atoms with van der Waals surface area (Å²) in [6.07, 6.45) is 2.81. The minimum atomic E-state index is -3.82. The van der Waals surface area contributed by atoms with Crippen LogP contribution < -0.4 is 4.18 Å². The molecule has 0 saturated heterocycles. The van der Waals surface area contributed by atoms with Crippen molar-refractivity contribution < 1.29 is 17.4 Å². The fraction of sp³-hybridized carbons (Fsp3) is 0.524. The molecule has 0 spiro atoms. The van der Waals surface area contributed by atoms with Crippen LogP contribution in [0.3, 0.4) is 0 Å². The molecule has 0 radical (unpaired) electrons. The summed E-state index contributed by atoms with van der Waals surface area (Å²) in [4.78, 5) is 14.6. The SMILES string of the molecule is CCCS(=O)(=O)Oc1c(C(=O)c2cc(Cl)c3c(c2C)C(SCC)CCS3)cnn1CC. The molecule has 3 rings (SSSR count). The molecule has 0 amide bonds. The van der Waals surface area contributed by atoms with Gasteiger partial charge in [0, 0.05) is 22.3 Å². The monoisotopic (exact) mass is 502 g/mol. The molecule has 10 heteroatoms. The van der Waals surface area contributed by atoms with Gasteiger partial charge in [0.05, 0.1) is 17.0 Å². The molecule has 0 N–H and O–H groups in total. The first-order valence-electron chi connectivity index (χ1n) is 10.3. The van der Waals surface area contributed by atoms with Gasteiger partial charge in [0.1, 0.15) is 5.56 Å². The number of aromatic nitrogens is 2. The van der Waals surface area contributed by atoms with Crippen LogP contribution in [0.1, 0.15) is 65.9 Å². The predicted molar refractivity (Wildman–Crippen MR) is 128 cm³/mol. The first kappa shape index (κ1) is 24.5. The summed E-state index contributed by atoms with van der Waals surface area (Å²) in [7, 11) is -3.82. The number of rotatable bonds is 9. The Labute approximate surface area is 197 Å². The van der Waals surface area contributed by atoms with Gasteiger partial charge in [-0.25, -0.2) is 4.68 Å². The van der Waals surface area contributed by atoms with Crippen molar-refractivity contribution >= 4 is 51.0 Å². The Morgan fingerprint density at radius 1 is 1.35 bits per heavy atom. The van der Waals surface area contributed by atoms with Crippen LogP contribution in [0.2, 0.25) is 5.02 Å². The Kier molecular flexibility index (Phi) is 8.05. The summed E-state index contributed by atoms with van der Waals surface area (Å²) < 4.78 is 31.3. The smallest absolute Gasteiger partial charge is 0.310 e. The third-order valence-electron chi connectivity index (χ3n) is 5.10. The number of carbonyl (C=O) groups excluding carboxylic acids is 1. The van der Waals surface area contributed by atoms with Gasteiger partial charge in [-0.3, -0.25) is 4.79 Å². The van der Waals surface area contributed by atoms with Gasteiger partial charge in [-0.05, 0) is 55.4 Å². The number of benzene rings is 1. The second-order valence-electron chi connectivity index (χ2n) is 7.21. The quantitative estimate of drug-likeness (QED) is 0.330. The van der Waals surface area contributed by atoms with Gasteiger partial charge in [-0.1, -0.05) is 25.4 Å². The van der Waals surface area contributed by atoms with E-state index in [1.54, 1.807) is 24.8 Å². The highest BCUT2D eigenvalue weighted by atomic mass is 35.5. The number of hydrogen-bond acceptors (Lipinski definition) is 7. The van der Waals surface area contributed by atoms with Crippen molar-refractivity contribution in [3.63, 3.8) is 0 Å². The maximum absolute atomic E-state index is 13.6. The molecular formula is C21H27ClN2O4S3. The van der Waals surface area contributed by atoms with E-state index in [0.717, 1.165) is 33.9 Å². The molecule has 0 saturated carbocycles. The molecule has 1 aromatic carbocycles. The zero-order valence-corrected chi connectivity index (χ0v) is 21.3. The molecular weight excluding hydrogens is 476 g/mol. The molecule has 6 nitrogen and oxygen atoms in total. The van der Waals surface area contributed by atoms with E-state index in [-0.39, 0.29) is 28.2 Å². The lowest BCUT2D eigenvalue weighted by Crippen LogP contribution is -2.18. The van der Waals surface area contributed by atoms with Crippen molar-refractivity contribution in [1.82, 2.24) is 9.78 Å². The van der Waals surface area contributed by atoms with E-state index in [9.17, 15) is 13.2 Å². The van der Waals surface area contributed by atoms with Gasteiger partial charge in [-0.15, -0.1) is 11.8 Å². The van der Waals surface area contributed by atoms with Crippen molar-refractivity contribution in [3.8, 4) is 5.88 Å². The van der Waals surface area contributed by atoms with E-state index in [2.05, 4.69) is 12.0 Å². The van der Waals surface area contributed by atoms with Crippen molar-refractivity contribution in [1.29, 1.82) is 0 Å². The summed E-state index contributed by atoms with van der Waals surface area (Å²) >= 11 is 10.2. The van der Waals surface area contributed by atoms with Crippen molar-refractivity contribution in [2.24, 2.45) is 0 Å². The van der Waals surface area contributed by atoms with Gasteiger partial charge >= 0.3 is 10.1 Å². The highest BCUT2D eigenvalue weighted by Crippen LogP contribution is 2.49. The molecule has 170 valence electrons. The number of carbonyl (C=O) groups is 1. The highest BCUT2D eigenvalue weighted by molar-refractivity contribution is 8.01. The second-order valence-corrected chi connectivity index (χ2v) is 11.9. The second kappa shape index (κ2) is 10.2. The Morgan fingerprint density at radius 2 is 2.10 bits per heavy atom. The van der Waals surface area contributed by atoms with Crippen molar-refractivity contribution in [2.45, 2.75) is 57.2 Å². The lowest BCUT2D eigenvalue weighted by Gasteiger charge is -2.28. The van der Waals surface area contributed by atoms with E-state index >= 15 is 0 Å². The van der Waals surface area contributed by atoms with Crippen LogP contribution in [-0.2, 0) is 16.7 Å². The van der Waals surface area contributed by atoms with Crippen LogP contribution in [0.15, 0.2) is 17.2 Å². The highest BCUT2D eigenvalue weighted by Gasteiger charge is 2.31. The minimum Gasteiger partial charge on any atom is -0.361 e. The number of fused-ring (bicyclic) bond motifs is 1. The zero-order valence-electron chi connectivity index (χ0n) is 18.1. The van der Waals surface area contributed by atoms with Crippen LogP contribution in [-0.4, -0.2) is 41.2 Å². The number of hydrogen-bond donors (Lipinski definition) is 0.